The molecule has 0 aromatic heterocycles. The number of carbonyl (C=O) groups excluding carboxylic acids is 2. The highest BCUT2D eigenvalue weighted by Gasteiger charge is 2.20. The number of para-hydroxylation sites is 1. The van der Waals surface area contributed by atoms with Gasteiger partial charge in [-0.3, -0.25) is 9.59 Å². The van der Waals surface area contributed by atoms with Crippen molar-refractivity contribution in [2.45, 2.75) is 26.8 Å². The Morgan fingerprint density at radius 2 is 1.86 bits per heavy atom. The quantitative estimate of drug-likeness (QED) is 0.802. The zero-order valence-electron chi connectivity index (χ0n) is 16.2. The first-order valence-electron chi connectivity index (χ1n) is 9.29. The van der Waals surface area contributed by atoms with Crippen molar-refractivity contribution in [1.82, 2.24) is 5.32 Å². The lowest BCUT2D eigenvalue weighted by Crippen LogP contribution is -2.30. The van der Waals surface area contributed by atoms with Crippen LogP contribution in [0.15, 0.2) is 48.0 Å². The van der Waals surface area contributed by atoms with Gasteiger partial charge in [-0.05, 0) is 57.2 Å². The average Bonchev–Trinajstić information content (AvgIpc) is 2.68. The zero-order chi connectivity index (χ0) is 20.1. The van der Waals surface area contributed by atoms with E-state index >= 15 is 0 Å². The van der Waals surface area contributed by atoms with Gasteiger partial charge >= 0.3 is 0 Å². The number of benzene rings is 2. The summed E-state index contributed by atoms with van der Waals surface area (Å²) in [6.45, 7) is 6.43. The molecule has 0 unspecified atom stereocenters. The van der Waals surface area contributed by atoms with Crippen LogP contribution in [0.3, 0.4) is 0 Å². The Bertz CT molecular complexity index is 901. The SMILES string of the molecule is CCOc1cccc2c1OCC(C(=O)Nc1ccc(C(=O)NC(C)C)cc1)=C2. The Labute approximate surface area is 164 Å². The molecule has 1 aliphatic heterocycles. The number of rotatable bonds is 6. The molecule has 28 heavy (non-hydrogen) atoms. The van der Waals surface area contributed by atoms with E-state index < -0.39 is 0 Å². The number of hydrogen-bond acceptors (Lipinski definition) is 4. The summed E-state index contributed by atoms with van der Waals surface area (Å²) in [5.41, 5.74) is 2.48. The fourth-order valence-electron chi connectivity index (χ4n) is 2.84. The van der Waals surface area contributed by atoms with Gasteiger partial charge in [0.2, 0.25) is 0 Å². The Morgan fingerprint density at radius 1 is 1.11 bits per heavy atom. The smallest absolute Gasteiger partial charge is 0.255 e. The van der Waals surface area contributed by atoms with Crippen molar-refractivity contribution < 1.29 is 19.1 Å². The van der Waals surface area contributed by atoms with Crippen LogP contribution in [0.1, 0.15) is 36.7 Å². The summed E-state index contributed by atoms with van der Waals surface area (Å²) in [7, 11) is 0. The third-order valence-electron chi connectivity index (χ3n) is 4.13. The maximum absolute atomic E-state index is 12.6. The number of nitrogens with one attached hydrogen (secondary N) is 2. The topological polar surface area (TPSA) is 76.7 Å². The molecule has 0 bridgehead atoms. The molecule has 0 aliphatic carbocycles. The Kier molecular flexibility index (Phi) is 5.99. The molecule has 1 aliphatic rings. The van der Waals surface area contributed by atoms with Crippen LogP contribution in [0.5, 0.6) is 11.5 Å². The van der Waals surface area contributed by atoms with Gasteiger partial charge in [0, 0.05) is 22.9 Å². The molecule has 0 radical (unpaired) electrons. The first kappa shape index (κ1) is 19.5. The summed E-state index contributed by atoms with van der Waals surface area (Å²) >= 11 is 0. The number of fused-ring (bicyclic) bond motifs is 1. The molecular formula is C22H24N2O4. The van der Waals surface area contributed by atoms with Crippen LogP contribution < -0.4 is 20.1 Å². The molecule has 0 saturated carbocycles. The lowest BCUT2D eigenvalue weighted by Gasteiger charge is -2.20. The minimum absolute atomic E-state index is 0.0660. The highest BCUT2D eigenvalue weighted by molar-refractivity contribution is 6.07. The summed E-state index contributed by atoms with van der Waals surface area (Å²) in [6.07, 6.45) is 1.81. The predicted molar refractivity (Wildman–Crippen MR) is 109 cm³/mol. The van der Waals surface area contributed by atoms with E-state index in [1.54, 1.807) is 30.3 Å². The van der Waals surface area contributed by atoms with Gasteiger partial charge in [-0.25, -0.2) is 0 Å². The van der Waals surface area contributed by atoms with E-state index in [9.17, 15) is 9.59 Å². The Morgan fingerprint density at radius 3 is 2.54 bits per heavy atom. The summed E-state index contributed by atoms with van der Waals surface area (Å²) < 4.78 is 11.3. The maximum Gasteiger partial charge on any atom is 0.255 e. The molecule has 146 valence electrons. The van der Waals surface area contributed by atoms with Crippen molar-refractivity contribution in [3.05, 3.63) is 59.2 Å². The minimum atomic E-state index is -0.244. The third kappa shape index (κ3) is 4.52. The average molecular weight is 380 g/mol. The van der Waals surface area contributed by atoms with E-state index in [1.165, 1.54) is 0 Å². The molecule has 2 amide bonds. The van der Waals surface area contributed by atoms with Gasteiger partial charge in [0.15, 0.2) is 11.5 Å². The lowest BCUT2D eigenvalue weighted by atomic mass is 10.1. The van der Waals surface area contributed by atoms with E-state index in [1.807, 2.05) is 39.0 Å². The van der Waals surface area contributed by atoms with Gasteiger partial charge in [0.05, 0.1) is 12.2 Å². The van der Waals surface area contributed by atoms with Gasteiger partial charge in [-0.2, -0.15) is 0 Å². The van der Waals surface area contributed by atoms with Crippen LogP contribution in [0, 0.1) is 0 Å². The van der Waals surface area contributed by atoms with Crippen molar-refractivity contribution in [2.24, 2.45) is 0 Å². The molecule has 2 aromatic rings. The Balaban J connectivity index is 1.70. The molecule has 0 spiro atoms. The first-order chi connectivity index (χ1) is 13.5. The first-order valence-corrected chi connectivity index (χ1v) is 9.29. The van der Waals surface area contributed by atoms with Crippen LogP contribution in [0.4, 0.5) is 5.69 Å². The number of anilines is 1. The van der Waals surface area contributed by atoms with E-state index in [2.05, 4.69) is 10.6 Å². The zero-order valence-corrected chi connectivity index (χ0v) is 16.2. The fraction of sp³-hybridized carbons (Fsp3) is 0.273. The number of carbonyl (C=O) groups is 2. The molecular weight excluding hydrogens is 356 g/mol. The normalized spacial score (nSPS) is 12.5. The molecule has 0 atom stereocenters. The van der Waals surface area contributed by atoms with Crippen molar-refractivity contribution >= 4 is 23.6 Å². The minimum Gasteiger partial charge on any atom is -0.490 e. The van der Waals surface area contributed by atoms with Gasteiger partial charge < -0.3 is 20.1 Å². The number of amides is 2. The maximum atomic E-state index is 12.6. The highest BCUT2D eigenvalue weighted by Crippen LogP contribution is 2.35. The fourth-order valence-corrected chi connectivity index (χ4v) is 2.84. The second kappa shape index (κ2) is 8.61. The van der Waals surface area contributed by atoms with Crippen LogP contribution in [-0.4, -0.2) is 31.1 Å². The summed E-state index contributed by atoms with van der Waals surface area (Å²) in [5, 5.41) is 5.67. The molecule has 0 fully saturated rings. The summed E-state index contributed by atoms with van der Waals surface area (Å²) in [5.74, 6) is 0.942. The van der Waals surface area contributed by atoms with Gasteiger partial charge in [-0.15, -0.1) is 0 Å². The standard InChI is InChI=1S/C22H24N2O4/c1-4-27-19-7-5-6-16-12-17(13-28-20(16)19)22(26)24-18-10-8-15(9-11-18)21(25)23-14(2)3/h5-12,14H,4,13H2,1-3H3,(H,23,25)(H,24,26). The third-order valence-corrected chi connectivity index (χ3v) is 4.13. The largest absolute Gasteiger partial charge is 0.490 e. The molecule has 2 aromatic carbocycles. The van der Waals surface area contributed by atoms with Crippen LogP contribution >= 0.6 is 0 Å². The van der Waals surface area contributed by atoms with Crippen molar-refractivity contribution in [3.63, 3.8) is 0 Å². The summed E-state index contributed by atoms with van der Waals surface area (Å²) in [4.78, 5) is 24.6. The lowest BCUT2D eigenvalue weighted by molar-refractivity contribution is -0.113. The van der Waals surface area contributed by atoms with Crippen LogP contribution in [0.2, 0.25) is 0 Å². The molecule has 3 rings (SSSR count). The van der Waals surface area contributed by atoms with Gasteiger partial charge in [0.25, 0.3) is 11.8 Å². The van der Waals surface area contributed by atoms with Crippen LogP contribution in [-0.2, 0) is 4.79 Å². The molecule has 6 nitrogen and oxygen atoms in total. The van der Waals surface area contributed by atoms with E-state index in [0.29, 0.717) is 34.9 Å². The van der Waals surface area contributed by atoms with Gasteiger partial charge in [0.1, 0.15) is 6.61 Å². The molecule has 0 saturated heterocycles. The molecule has 6 heteroatoms. The monoisotopic (exact) mass is 380 g/mol. The van der Waals surface area contributed by atoms with Crippen molar-refractivity contribution in [1.29, 1.82) is 0 Å². The van der Waals surface area contributed by atoms with Gasteiger partial charge in [-0.1, -0.05) is 12.1 Å². The summed E-state index contributed by atoms with van der Waals surface area (Å²) in [6, 6.07) is 12.4. The Hall–Kier alpha value is -3.28. The van der Waals surface area contributed by atoms with Crippen molar-refractivity contribution in [3.8, 4) is 11.5 Å². The van der Waals surface area contributed by atoms with Crippen molar-refractivity contribution in [2.75, 3.05) is 18.5 Å². The number of ether oxygens (including phenoxy) is 2. The van der Waals surface area contributed by atoms with Crippen LogP contribution in [0.25, 0.3) is 6.08 Å². The molecule has 1 heterocycles. The second-order valence-corrected chi connectivity index (χ2v) is 6.73. The highest BCUT2D eigenvalue weighted by atomic mass is 16.5. The second-order valence-electron chi connectivity index (χ2n) is 6.73. The van der Waals surface area contributed by atoms with E-state index in [-0.39, 0.29) is 24.5 Å². The number of hydrogen-bond donors (Lipinski definition) is 2. The molecule has 2 N–H and O–H groups in total. The predicted octanol–water partition coefficient (Wildman–Crippen LogP) is 3.64. The van der Waals surface area contributed by atoms with E-state index in [4.69, 9.17) is 9.47 Å². The van der Waals surface area contributed by atoms with E-state index in [0.717, 1.165) is 5.56 Å².